The third-order valence-electron chi connectivity index (χ3n) is 13.4. The molecule has 0 aliphatic rings. The van der Waals surface area contributed by atoms with E-state index >= 15 is 0 Å². The van der Waals surface area contributed by atoms with E-state index in [0.29, 0.717) is 45.2 Å². The lowest BCUT2D eigenvalue weighted by Gasteiger charge is -2.27. The maximum atomic E-state index is 10.1. The Morgan fingerprint density at radius 2 is 1.18 bits per heavy atom. The number of ether oxygens (including phenoxy) is 1. The Morgan fingerprint density at radius 3 is 1.89 bits per heavy atom. The number of pyridine rings is 1. The molecule has 0 N–H and O–H groups in total. The van der Waals surface area contributed by atoms with E-state index < -0.39 is 72.2 Å². The summed E-state index contributed by atoms with van der Waals surface area (Å²) in [4.78, 5) is 5.15. The molecule has 0 saturated heterocycles. The quantitative estimate of drug-likeness (QED) is 0.0957. The zero-order valence-electron chi connectivity index (χ0n) is 52.9. The molecule has 0 bridgehead atoms. The predicted molar refractivity (Wildman–Crippen MR) is 300 cm³/mol. The number of fused-ring (bicyclic) bond motifs is 4. The number of nitrogens with zero attached hydrogens (tertiary/aromatic N) is 4. The molecule has 0 aliphatic carbocycles. The Morgan fingerprint density at radius 1 is 0.548 bits per heavy atom. The first kappa shape index (κ1) is 33.7. The molecule has 0 radical (unpaired) electrons. The molecule has 12 rings (SSSR count). The minimum atomic E-state index is -1.91. The fourth-order valence-corrected chi connectivity index (χ4v) is 9.77. The van der Waals surface area contributed by atoms with Crippen LogP contribution in [0.25, 0.3) is 83.4 Å². The molecule has 12 aromatic rings. The van der Waals surface area contributed by atoms with Crippen LogP contribution < -0.4 is 9.30 Å². The molecule has 3 aromatic heterocycles. The third-order valence-corrected chi connectivity index (χ3v) is 13.4. The monoisotopic (exact) mass is 957 g/mol. The summed E-state index contributed by atoms with van der Waals surface area (Å²) in [6.07, 6.45) is 3.33. The van der Waals surface area contributed by atoms with Gasteiger partial charge in [-0.1, -0.05) is 216 Å². The molecular weight excluding hydrogens is 889 g/mol. The second kappa shape index (κ2) is 18.4. The van der Waals surface area contributed by atoms with E-state index in [4.69, 9.17) is 23.4 Å². The van der Waals surface area contributed by atoms with Gasteiger partial charge in [0.05, 0.1) is 47.1 Å². The van der Waals surface area contributed by atoms with Crippen LogP contribution in [-0.2, 0) is 17.2 Å². The molecule has 3 heterocycles. The zero-order chi connectivity index (χ0) is 60.2. The number of aromatic nitrogens is 4. The lowest BCUT2D eigenvalue weighted by molar-refractivity contribution is -0.571. The molecule has 0 amide bonds. The Balaban J connectivity index is 0.996. The van der Waals surface area contributed by atoms with Crippen molar-refractivity contribution >= 4 is 32.8 Å². The molecule has 0 atom stereocenters. The number of hydrogen-bond acceptors (Lipinski definition) is 2. The average Bonchev–Trinajstić information content (AvgIpc) is 2.03. The molecule has 5 nitrogen and oxygen atoms in total. The van der Waals surface area contributed by atoms with E-state index in [9.17, 15) is 2.74 Å². The normalized spacial score (nSPS) is 14.5. The lowest BCUT2D eigenvalue weighted by Crippen LogP contribution is -2.31. The maximum absolute atomic E-state index is 10.1. The first-order valence-electron chi connectivity index (χ1n) is 30.2. The van der Waals surface area contributed by atoms with E-state index in [2.05, 4.69) is 62.0 Å². The fraction of sp³-hybridized carbons (Fsp3) is 0.118. The van der Waals surface area contributed by atoms with Gasteiger partial charge in [0, 0.05) is 31.3 Å². The first-order valence-corrected chi connectivity index (χ1v) is 24.2. The Labute approximate surface area is 444 Å². The Kier molecular flexibility index (Phi) is 8.51. The molecule has 0 saturated carbocycles. The highest BCUT2D eigenvalue weighted by Crippen LogP contribution is 2.40. The molecule has 5 heteroatoms. The molecule has 354 valence electrons. The van der Waals surface area contributed by atoms with Crippen LogP contribution in [0.4, 0.5) is 0 Å². The van der Waals surface area contributed by atoms with Crippen LogP contribution in [-0.4, -0.2) is 14.1 Å². The second-order valence-electron chi connectivity index (χ2n) is 19.6. The summed E-state index contributed by atoms with van der Waals surface area (Å²) >= 11 is 0. The SMILES string of the molecule is [2H]c1c([2H])c([2H])c(-c2cccc(-c3c([2H])c([2H])c([2H])c([2H])c3[2H])c2-[n+]2[c-]n(-c3cccc(Oc4ccc5c6ccccc6n(-c6cc(C([2H])([2H])C(C)(C)c7ccccc7)c(-c7ccc(C(C)(C)C)cc7)cn6)c5c4)c3)c3ccccc32)c([2H])c1[2H]. The fourth-order valence-electron chi connectivity index (χ4n) is 9.77. The average molecular weight is 957 g/mol. The topological polar surface area (TPSA) is 35.9 Å². The number of imidazole rings is 1. The largest absolute Gasteiger partial charge is 0.458 e. The van der Waals surface area contributed by atoms with E-state index in [-0.39, 0.29) is 33.4 Å². The van der Waals surface area contributed by atoms with Crippen molar-refractivity contribution in [2.45, 2.75) is 51.8 Å². The number of para-hydroxylation sites is 4. The molecule has 0 fully saturated rings. The minimum absolute atomic E-state index is 0.0802. The predicted octanol–water partition coefficient (Wildman–Crippen LogP) is 16.8. The van der Waals surface area contributed by atoms with Gasteiger partial charge in [-0.25, -0.2) is 4.98 Å². The van der Waals surface area contributed by atoms with E-state index in [1.54, 1.807) is 39.6 Å². The van der Waals surface area contributed by atoms with Crippen molar-refractivity contribution in [3.63, 3.8) is 0 Å². The van der Waals surface area contributed by atoms with Crippen LogP contribution in [0.3, 0.4) is 0 Å². The van der Waals surface area contributed by atoms with Crippen LogP contribution in [0, 0.1) is 6.33 Å². The first-order chi connectivity index (χ1) is 40.5. The van der Waals surface area contributed by atoms with Crippen LogP contribution in [0.1, 0.15) is 67.8 Å². The molecule has 9 aromatic carbocycles. The van der Waals surface area contributed by atoms with Crippen molar-refractivity contribution in [1.29, 1.82) is 0 Å². The smallest absolute Gasteiger partial charge is 0.269 e. The number of benzene rings is 9. The minimum Gasteiger partial charge on any atom is -0.458 e. The highest BCUT2D eigenvalue weighted by molar-refractivity contribution is 6.09. The van der Waals surface area contributed by atoms with E-state index in [1.165, 1.54) is 0 Å². The van der Waals surface area contributed by atoms with Gasteiger partial charge in [0.1, 0.15) is 17.3 Å². The van der Waals surface area contributed by atoms with Gasteiger partial charge in [0.15, 0.2) is 0 Å². The molecule has 0 spiro atoms. The van der Waals surface area contributed by atoms with Gasteiger partial charge in [0.25, 0.3) is 6.33 Å². The van der Waals surface area contributed by atoms with Crippen LogP contribution >= 0.6 is 0 Å². The molecule has 73 heavy (non-hydrogen) atoms. The van der Waals surface area contributed by atoms with Crippen molar-refractivity contribution < 1.29 is 25.8 Å². The number of rotatable bonds is 11. The highest BCUT2D eigenvalue weighted by Gasteiger charge is 2.26. The number of hydrogen-bond donors (Lipinski definition) is 0. The van der Waals surface area contributed by atoms with E-state index in [1.807, 2.05) is 129 Å². The van der Waals surface area contributed by atoms with Crippen LogP contribution in [0.15, 0.2) is 236 Å². The van der Waals surface area contributed by atoms with Crippen molar-refractivity contribution in [1.82, 2.24) is 14.1 Å². The summed E-state index contributed by atoms with van der Waals surface area (Å²) in [6.45, 7) is 10.4. The lowest BCUT2D eigenvalue weighted by atomic mass is 9.78. The Bertz CT molecular complexity index is 4540. The van der Waals surface area contributed by atoms with Crippen molar-refractivity contribution in [3.05, 3.63) is 259 Å². The zero-order valence-corrected chi connectivity index (χ0v) is 40.9. The Hall–Kier alpha value is -8.80. The summed E-state index contributed by atoms with van der Waals surface area (Å²) in [6, 6.07) is 47.9. The van der Waals surface area contributed by atoms with Crippen LogP contribution in [0.5, 0.6) is 11.5 Å². The summed E-state index contributed by atoms with van der Waals surface area (Å²) in [5.41, 5.74) is 6.50. The summed E-state index contributed by atoms with van der Waals surface area (Å²) in [7, 11) is 0. The van der Waals surface area contributed by atoms with Gasteiger partial charge in [0.2, 0.25) is 0 Å². The molecular formula is C68H56N4O. The molecule has 0 unspecified atom stereocenters. The van der Waals surface area contributed by atoms with Gasteiger partial charge in [-0.2, -0.15) is 0 Å². The van der Waals surface area contributed by atoms with Gasteiger partial charge < -0.3 is 4.74 Å². The second-order valence-corrected chi connectivity index (χ2v) is 19.6. The van der Waals surface area contributed by atoms with Gasteiger partial charge >= 0.3 is 0 Å². The van der Waals surface area contributed by atoms with Crippen molar-refractivity contribution in [3.8, 4) is 62.1 Å². The van der Waals surface area contributed by atoms with E-state index in [0.717, 1.165) is 38.5 Å². The molecule has 0 aliphatic heterocycles. The van der Waals surface area contributed by atoms with Crippen molar-refractivity contribution in [2.24, 2.45) is 0 Å². The van der Waals surface area contributed by atoms with Crippen LogP contribution in [0.2, 0.25) is 0 Å². The highest BCUT2D eigenvalue weighted by atomic mass is 16.5. The van der Waals surface area contributed by atoms with Gasteiger partial charge in [-0.05, 0) is 104 Å². The van der Waals surface area contributed by atoms with Gasteiger partial charge in [-0.3, -0.25) is 13.7 Å². The summed E-state index contributed by atoms with van der Waals surface area (Å²) in [5.74, 6) is 1.47. The summed E-state index contributed by atoms with van der Waals surface area (Å²) < 4.78 is 120. The summed E-state index contributed by atoms with van der Waals surface area (Å²) in [5, 5.41) is 1.90. The maximum Gasteiger partial charge on any atom is 0.269 e. The van der Waals surface area contributed by atoms with Crippen molar-refractivity contribution in [2.75, 3.05) is 0 Å². The standard InChI is InChI=1S/C68H56N4O/c1-67(2,3)51-37-35-49(36-38-51)60-45-69-65(41-50(60)44-68(4,5)52-25-13-8-14-26-52)72-61-32-16-15-29-58(61)59-40-39-55(43-64(59)72)73-54-28-19-27-53(42-54)70-46-71(63-34-18-17-33-62(63)70)66-56(47-21-9-6-10-22-47)30-20-31-57(66)48-23-11-7-12-24-48/h6-43,45H,44H2,1-5H3/i6D,7D,9D,10D,11D,12D,21D,22D,23D,24D,44D2. The van der Waals surface area contributed by atoms with Gasteiger partial charge in [-0.15, -0.1) is 0 Å². The third kappa shape index (κ3) is 8.57.